The maximum absolute atomic E-state index is 6.25. The molecular weight excluding hydrogens is 371 g/mol. The first-order valence-corrected chi connectivity index (χ1v) is 8.61. The van der Waals surface area contributed by atoms with Crippen LogP contribution < -0.4 is 4.74 Å². The first-order chi connectivity index (χ1) is 12.7. The lowest BCUT2D eigenvalue weighted by molar-refractivity contribution is 0.412. The number of hydrogen-bond acceptors (Lipinski definition) is 5. The second kappa shape index (κ2) is 8.25. The molecule has 0 bridgehead atoms. The zero-order valence-electron chi connectivity index (χ0n) is 14.1. The van der Waals surface area contributed by atoms with Gasteiger partial charge in [-0.3, -0.25) is 9.98 Å². The summed E-state index contributed by atoms with van der Waals surface area (Å²) in [6.45, 7) is 3.59. The highest BCUT2D eigenvalue weighted by Crippen LogP contribution is 2.31. The molecule has 1 aromatic carbocycles. The van der Waals surface area contributed by atoms with Gasteiger partial charge in [-0.05, 0) is 17.7 Å². The van der Waals surface area contributed by atoms with E-state index in [1.54, 1.807) is 31.9 Å². The second-order valence-electron chi connectivity index (χ2n) is 5.48. The first-order valence-electron chi connectivity index (χ1n) is 7.86. The van der Waals surface area contributed by atoms with E-state index < -0.39 is 0 Å². The van der Waals surface area contributed by atoms with Gasteiger partial charge in [-0.25, -0.2) is 0 Å². The van der Waals surface area contributed by atoms with E-state index in [0.717, 1.165) is 33.3 Å². The van der Waals surface area contributed by atoms with Crippen LogP contribution in [0.25, 0.3) is 10.8 Å². The van der Waals surface area contributed by atoms with E-state index in [-0.39, 0.29) is 0 Å². The summed E-state index contributed by atoms with van der Waals surface area (Å²) in [4.78, 5) is 8.06. The maximum Gasteiger partial charge on any atom is 0.123 e. The molecular formula is C19H16Cl2N4O. The third kappa shape index (κ3) is 3.69. The van der Waals surface area contributed by atoms with Gasteiger partial charge in [0.05, 0.1) is 29.0 Å². The molecule has 0 saturated heterocycles. The van der Waals surface area contributed by atoms with Crippen LogP contribution in [0.3, 0.4) is 0 Å². The van der Waals surface area contributed by atoms with Gasteiger partial charge in [0.25, 0.3) is 0 Å². The predicted molar refractivity (Wildman–Crippen MR) is 106 cm³/mol. The van der Waals surface area contributed by atoms with E-state index in [9.17, 15) is 0 Å². The van der Waals surface area contributed by atoms with Crippen molar-refractivity contribution in [1.29, 1.82) is 0 Å². The van der Waals surface area contributed by atoms with Crippen molar-refractivity contribution in [2.45, 2.75) is 12.8 Å². The van der Waals surface area contributed by atoms with Gasteiger partial charge >= 0.3 is 0 Å². The van der Waals surface area contributed by atoms with Gasteiger partial charge in [0.1, 0.15) is 5.75 Å². The minimum Gasteiger partial charge on any atom is -0.496 e. The van der Waals surface area contributed by atoms with Crippen molar-refractivity contribution >= 4 is 40.2 Å². The topological polar surface area (TPSA) is 60.3 Å². The summed E-state index contributed by atoms with van der Waals surface area (Å²) >= 11 is 12.5. The molecule has 7 heteroatoms. The second-order valence-corrected chi connectivity index (χ2v) is 6.29. The fraction of sp³-hybridized carbons (Fsp3) is 0.158. The third-order valence-corrected chi connectivity index (χ3v) is 4.66. The molecule has 0 atom stereocenters. The van der Waals surface area contributed by atoms with E-state index in [0.29, 0.717) is 22.9 Å². The molecule has 5 nitrogen and oxygen atoms in total. The molecule has 132 valence electrons. The summed E-state index contributed by atoms with van der Waals surface area (Å²) in [5.74, 6) is 0.770. The molecule has 0 aliphatic carbocycles. The highest BCUT2D eigenvalue weighted by Gasteiger charge is 2.15. The number of aliphatic imine (C=N–C) groups is 1. The minimum atomic E-state index is 0.455. The molecule has 3 rings (SSSR count). The normalized spacial score (nSPS) is 11.2. The minimum absolute atomic E-state index is 0.455. The van der Waals surface area contributed by atoms with Crippen LogP contribution in [-0.4, -0.2) is 28.5 Å². The average molecular weight is 387 g/mol. The van der Waals surface area contributed by atoms with E-state index in [1.165, 1.54) is 6.20 Å². The Labute approximate surface area is 161 Å². The Bertz CT molecular complexity index is 968. The third-order valence-electron chi connectivity index (χ3n) is 4.01. The van der Waals surface area contributed by atoms with Crippen LogP contribution in [0.5, 0.6) is 5.75 Å². The predicted octanol–water partition coefficient (Wildman–Crippen LogP) is 4.69. The van der Waals surface area contributed by atoms with Gasteiger partial charge in [0, 0.05) is 54.0 Å². The van der Waals surface area contributed by atoms with Gasteiger partial charge in [0.2, 0.25) is 0 Å². The van der Waals surface area contributed by atoms with Gasteiger partial charge in [-0.15, -0.1) is 0 Å². The van der Waals surface area contributed by atoms with Crippen LogP contribution in [0.1, 0.15) is 16.8 Å². The quantitative estimate of drug-likeness (QED) is 0.576. The van der Waals surface area contributed by atoms with Crippen molar-refractivity contribution < 1.29 is 4.74 Å². The lowest BCUT2D eigenvalue weighted by atomic mass is 9.99. The fourth-order valence-electron chi connectivity index (χ4n) is 2.78. The standard InChI is InChI=1S/C19H16Cl2N4O/c1-3-22-7-6-13-15-9-24-25-18(12(15)4-5-19(13)26-2)8-14-16(20)10-23-11-17(14)21/h3-5,7,9-11H,1,6,8H2,2H3. The van der Waals surface area contributed by atoms with Crippen molar-refractivity contribution in [3.05, 3.63) is 70.4 Å². The molecule has 0 radical (unpaired) electrons. The van der Waals surface area contributed by atoms with Crippen LogP contribution in [-0.2, 0) is 12.8 Å². The molecule has 2 aromatic heterocycles. The van der Waals surface area contributed by atoms with Crippen LogP contribution in [0, 0.1) is 0 Å². The molecule has 26 heavy (non-hydrogen) atoms. The highest BCUT2D eigenvalue weighted by molar-refractivity contribution is 6.35. The van der Waals surface area contributed by atoms with E-state index in [4.69, 9.17) is 27.9 Å². The largest absolute Gasteiger partial charge is 0.496 e. The molecule has 0 spiro atoms. The molecule has 3 aromatic rings. The number of methoxy groups -OCH3 is 1. The highest BCUT2D eigenvalue weighted by atomic mass is 35.5. The summed E-state index contributed by atoms with van der Waals surface area (Å²) in [6.07, 6.45) is 9.19. The van der Waals surface area contributed by atoms with Crippen molar-refractivity contribution in [3.8, 4) is 5.75 Å². The molecule has 0 unspecified atom stereocenters. The fourth-order valence-corrected chi connectivity index (χ4v) is 3.28. The van der Waals surface area contributed by atoms with Gasteiger partial charge in [-0.2, -0.15) is 10.2 Å². The average Bonchev–Trinajstić information content (AvgIpc) is 2.65. The number of aromatic nitrogens is 3. The first kappa shape index (κ1) is 18.3. The number of pyridine rings is 1. The van der Waals surface area contributed by atoms with Crippen LogP contribution >= 0.6 is 23.2 Å². The van der Waals surface area contributed by atoms with E-state index >= 15 is 0 Å². The molecule has 0 aliphatic heterocycles. The number of hydrogen-bond donors (Lipinski definition) is 0. The zero-order valence-corrected chi connectivity index (χ0v) is 15.6. The molecule has 0 fully saturated rings. The number of fused-ring (bicyclic) bond motifs is 1. The number of rotatable bonds is 6. The van der Waals surface area contributed by atoms with Crippen molar-refractivity contribution in [3.63, 3.8) is 0 Å². The van der Waals surface area contributed by atoms with Crippen molar-refractivity contribution in [2.24, 2.45) is 4.99 Å². The number of ether oxygens (including phenoxy) is 1. The Hall–Kier alpha value is -2.50. The Morgan fingerprint density at radius 2 is 1.88 bits per heavy atom. The molecule has 2 heterocycles. The summed E-state index contributed by atoms with van der Waals surface area (Å²) in [7, 11) is 1.64. The molecule has 0 aliphatic rings. The number of nitrogens with zero attached hydrogens (tertiary/aromatic N) is 4. The van der Waals surface area contributed by atoms with Crippen LogP contribution in [0.2, 0.25) is 10.0 Å². The summed E-state index contributed by atoms with van der Waals surface area (Å²) < 4.78 is 5.49. The SMILES string of the molecule is C=CN=CCc1c(OC)ccc2c(Cc3c(Cl)cncc3Cl)nncc12. The molecule has 0 saturated carbocycles. The lowest BCUT2D eigenvalue weighted by Gasteiger charge is -2.13. The Morgan fingerprint density at radius 3 is 2.58 bits per heavy atom. The van der Waals surface area contributed by atoms with Gasteiger partial charge in [0.15, 0.2) is 0 Å². The number of benzene rings is 1. The Balaban J connectivity index is 2.12. The van der Waals surface area contributed by atoms with E-state index in [2.05, 4.69) is 26.8 Å². The van der Waals surface area contributed by atoms with Crippen molar-refractivity contribution in [1.82, 2.24) is 15.2 Å². The van der Waals surface area contributed by atoms with Gasteiger partial charge in [-0.1, -0.05) is 29.8 Å². The summed E-state index contributed by atoms with van der Waals surface area (Å²) in [5, 5.41) is 11.4. The maximum atomic E-state index is 6.25. The monoisotopic (exact) mass is 386 g/mol. The Kier molecular flexibility index (Phi) is 5.81. The smallest absolute Gasteiger partial charge is 0.123 e. The van der Waals surface area contributed by atoms with Crippen LogP contribution in [0.15, 0.2) is 48.5 Å². The Morgan fingerprint density at radius 1 is 1.12 bits per heavy atom. The number of halogens is 2. The zero-order chi connectivity index (χ0) is 18.5. The lowest BCUT2D eigenvalue weighted by Crippen LogP contribution is -2.01. The van der Waals surface area contributed by atoms with Gasteiger partial charge < -0.3 is 4.74 Å². The van der Waals surface area contributed by atoms with Crippen molar-refractivity contribution in [2.75, 3.05) is 7.11 Å². The van der Waals surface area contributed by atoms with E-state index in [1.807, 2.05) is 12.1 Å². The summed E-state index contributed by atoms with van der Waals surface area (Å²) in [5.41, 5.74) is 2.54. The molecule has 0 N–H and O–H groups in total. The van der Waals surface area contributed by atoms with Crippen LogP contribution in [0.4, 0.5) is 0 Å². The molecule has 0 amide bonds. The summed E-state index contributed by atoms with van der Waals surface area (Å²) in [6, 6.07) is 3.88.